The van der Waals surface area contributed by atoms with Crippen LogP contribution in [0.15, 0.2) is 22.6 Å². The van der Waals surface area contributed by atoms with Gasteiger partial charge in [0.05, 0.1) is 0 Å². The molecule has 0 radical (unpaired) electrons. The number of hydrogen-bond donors (Lipinski definition) is 1. The van der Waals surface area contributed by atoms with Crippen molar-refractivity contribution in [2.24, 2.45) is 0 Å². The number of nitrogens with zero attached hydrogens (tertiary/aromatic N) is 4. The Hall–Kier alpha value is -1.69. The van der Waals surface area contributed by atoms with Gasteiger partial charge >= 0.3 is 0 Å². The zero-order valence-corrected chi connectivity index (χ0v) is 11.7. The van der Waals surface area contributed by atoms with Gasteiger partial charge in [0, 0.05) is 25.0 Å². The second kappa shape index (κ2) is 5.30. The number of rotatable bonds is 3. The molecular formula is C12H15N5S. The van der Waals surface area contributed by atoms with Crippen LogP contribution in [0.2, 0.25) is 0 Å². The van der Waals surface area contributed by atoms with Crippen LogP contribution in [0.4, 0.5) is 5.82 Å². The third kappa shape index (κ3) is 2.76. The van der Waals surface area contributed by atoms with E-state index in [1.54, 1.807) is 12.4 Å². The van der Waals surface area contributed by atoms with Gasteiger partial charge in [-0.15, -0.1) is 0 Å². The monoisotopic (exact) mass is 261 g/mol. The summed E-state index contributed by atoms with van der Waals surface area (Å²) in [5.41, 5.74) is 2.06. The predicted molar refractivity (Wildman–Crippen MR) is 71.9 cm³/mol. The van der Waals surface area contributed by atoms with Gasteiger partial charge in [-0.1, -0.05) is 0 Å². The van der Waals surface area contributed by atoms with Gasteiger partial charge in [-0.3, -0.25) is 0 Å². The van der Waals surface area contributed by atoms with Gasteiger partial charge in [-0.05, 0) is 38.1 Å². The second-order valence-corrected chi connectivity index (χ2v) is 4.90. The molecule has 94 valence electrons. The third-order valence-electron chi connectivity index (χ3n) is 2.39. The number of hydrogen-bond acceptors (Lipinski definition) is 6. The molecule has 2 rings (SSSR count). The first kappa shape index (κ1) is 12.8. The number of aryl methyl sites for hydroxylation is 2. The molecule has 0 bridgehead atoms. The minimum atomic E-state index is 0.698. The molecule has 0 amide bonds. The molecule has 2 aromatic heterocycles. The molecular weight excluding hydrogens is 246 g/mol. The summed E-state index contributed by atoms with van der Waals surface area (Å²) in [6, 6.07) is 0. The molecule has 2 aromatic rings. The lowest BCUT2D eigenvalue weighted by atomic mass is 10.3. The molecule has 18 heavy (non-hydrogen) atoms. The standard InChI is InChI=1S/C12H15N5S/c1-7-5-14-12(15-6-7)18-11-8(2)10(13-4)16-9(3)17-11/h5-6H,1-4H3,(H,13,16,17). The largest absolute Gasteiger partial charge is 0.373 e. The Balaban J connectivity index is 2.34. The summed E-state index contributed by atoms with van der Waals surface area (Å²) in [5.74, 6) is 1.58. The average Bonchev–Trinajstić information content (AvgIpc) is 2.36. The summed E-state index contributed by atoms with van der Waals surface area (Å²) >= 11 is 1.45. The second-order valence-electron chi connectivity index (χ2n) is 3.94. The number of nitrogens with one attached hydrogen (secondary N) is 1. The first-order valence-corrected chi connectivity index (χ1v) is 6.41. The van der Waals surface area contributed by atoms with Crippen LogP contribution in [0.25, 0.3) is 0 Å². The van der Waals surface area contributed by atoms with Gasteiger partial charge in [0.15, 0.2) is 5.16 Å². The lowest BCUT2D eigenvalue weighted by Crippen LogP contribution is -2.02. The first-order chi connectivity index (χ1) is 8.60. The fraction of sp³-hybridized carbons (Fsp3) is 0.333. The molecule has 0 spiro atoms. The van der Waals surface area contributed by atoms with Gasteiger partial charge in [-0.25, -0.2) is 19.9 Å². The molecule has 0 saturated carbocycles. The topological polar surface area (TPSA) is 63.6 Å². The van der Waals surface area contributed by atoms with Crippen LogP contribution >= 0.6 is 11.8 Å². The first-order valence-electron chi connectivity index (χ1n) is 5.59. The lowest BCUT2D eigenvalue weighted by Gasteiger charge is -2.09. The quantitative estimate of drug-likeness (QED) is 0.676. The summed E-state index contributed by atoms with van der Waals surface area (Å²) in [4.78, 5) is 17.3. The van der Waals surface area contributed by atoms with Crippen LogP contribution < -0.4 is 5.32 Å². The van der Waals surface area contributed by atoms with Crippen LogP contribution in [-0.4, -0.2) is 27.0 Å². The Morgan fingerprint density at radius 1 is 1.06 bits per heavy atom. The van der Waals surface area contributed by atoms with Crippen molar-refractivity contribution in [1.29, 1.82) is 0 Å². The molecule has 0 saturated heterocycles. The van der Waals surface area contributed by atoms with Crippen molar-refractivity contribution in [2.75, 3.05) is 12.4 Å². The smallest absolute Gasteiger partial charge is 0.193 e. The average molecular weight is 261 g/mol. The molecule has 0 aliphatic rings. The molecule has 0 aliphatic heterocycles. The van der Waals surface area contributed by atoms with Gasteiger partial charge in [0.1, 0.15) is 16.7 Å². The summed E-state index contributed by atoms with van der Waals surface area (Å²) in [7, 11) is 1.85. The van der Waals surface area contributed by atoms with Gasteiger partial charge in [0.25, 0.3) is 0 Å². The van der Waals surface area contributed by atoms with Crippen molar-refractivity contribution < 1.29 is 0 Å². The van der Waals surface area contributed by atoms with Crippen molar-refractivity contribution in [3.05, 3.63) is 29.3 Å². The van der Waals surface area contributed by atoms with E-state index < -0.39 is 0 Å². The van der Waals surface area contributed by atoms with Gasteiger partial charge in [0.2, 0.25) is 0 Å². The fourth-order valence-electron chi connectivity index (χ4n) is 1.47. The molecule has 0 fully saturated rings. The summed E-state index contributed by atoms with van der Waals surface area (Å²) < 4.78 is 0. The molecule has 0 unspecified atom stereocenters. The van der Waals surface area contributed by atoms with Crippen molar-refractivity contribution in [1.82, 2.24) is 19.9 Å². The molecule has 6 heteroatoms. The zero-order chi connectivity index (χ0) is 13.1. The SMILES string of the molecule is CNc1nc(C)nc(Sc2ncc(C)cn2)c1C. The van der Waals surface area contributed by atoms with Gasteiger partial charge < -0.3 is 5.32 Å². The number of anilines is 1. The highest BCUT2D eigenvalue weighted by Crippen LogP contribution is 2.28. The van der Waals surface area contributed by atoms with E-state index >= 15 is 0 Å². The Morgan fingerprint density at radius 3 is 2.33 bits per heavy atom. The normalized spacial score (nSPS) is 10.4. The fourth-order valence-corrected chi connectivity index (χ4v) is 2.28. The summed E-state index contributed by atoms with van der Waals surface area (Å²) in [6.45, 7) is 5.83. The van der Waals surface area contributed by atoms with E-state index in [0.29, 0.717) is 5.16 Å². The van der Waals surface area contributed by atoms with Crippen LogP contribution in [-0.2, 0) is 0 Å². The Kier molecular flexibility index (Phi) is 3.76. The predicted octanol–water partition coefficient (Wildman–Crippen LogP) is 2.38. The van der Waals surface area contributed by atoms with Gasteiger partial charge in [-0.2, -0.15) is 0 Å². The Labute approximate surface area is 110 Å². The van der Waals surface area contributed by atoms with Crippen LogP contribution in [0, 0.1) is 20.8 Å². The van der Waals surface area contributed by atoms with Crippen molar-refractivity contribution in [2.45, 2.75) is 31.0 Å². The third-order valence-corrected chi connectivity index (χ3v) is 3.38. The lowest BCUT2D eigenvalue weighted by molar-refractivity contribution is 0.915. The maximum absolute atomic E-state index is 4.43. The zero-order valence-electron chi connectivity index (χ0n) is 10.9. The van der Waals surface area contributed by atoms with Crippen LogP contribution in [0.3, 0.4) is 0 Å². The minimum absolute atomic E-state index is 0.698. The van der Waals surface area contributed by atoms with E-state index in [1.165, 1.54) is 11.8 Å². The highest BCUT2D eigenvalue weighted by Gasteiger charge is 2.10. The van der Waals surface area contributed by atoms with E-state index in [4.69, 9.17) is 0 Å². The van der Waals surface area contributed by atoms with Crippen LogP contribution in [0.5, 0.6) is 0 Å². The number of aromatic nitrogens is 4. The summed E-state index contributed by atoms with van der Waals surface area (Å²) in [6.07, 6.45) is 3.61. The van der Waals surface area contributed by atoms with E-state index in [9.17, 15) is 0 Å². The van der Waals surface area contributed by atoms with Crippen molar-refractivity contribution >= 4 is 17.6 Å². The maximum Gasteiger partial charge on any atom is 0.193 e. The van der Waals surface area contributed by atoms with E-state index in [-0.39, 0.29) is 0 Å². The minimum Gasteiger partial charge on any atom is -0.373 e. The van der Waals surface area contributed by atoms with Crippen molar-refractivity contribution in [3.63, 3.8) is 0 Å². The molecule has 0 aliphatic carbocycles. The van der Waals surface area contributed by atoms with Crippen LogP contribution in [0.1, 0.15) is 17.0 Å². The highest BCUT2D eigenvalue weighted by molar-refractivity contribution is 7.99. The molecule has 2 heterocycles. The highest BCUT2D eigenvalue weighted by atomic mass is 32.2. The maximum atomic E-state index is 4.43. The molecule has 1 N–H and O–H groups in total. The molecule has 5 nitrogen and oxygen atoms in total. The Bertz CT molecular complexity index is 553. The van der Waals surface area contributed by atoms with E-state index in [0.717, 1.165) is 27.8 Å². The summed E-state index contributed by atoms with van der Waals surface area (Å²) in [5, 5.41) is 4.65. The molecule has 0 aromatic carbocycles. The molecule has 0 atom stereocenters. The van der Waals surface area contributed by atoms with E-state index in [2.05, 4.69) is 25.3 Å². The van der Waals surface area contributed by atoms with E-state index in [1.807, 2.05) is 27.8 Å². The van der Waals surface area contributed by atoms with Crippen molar-refractivity contribution in [3.8, 4) is 0 Å². The Morgan fingerprint density at radius 2 is 1.72 bits per heavy atom.